The smallest absolute Gasteiger partial charge is 0.328 e. The van der Waals surface area contributed by atoms with Crippen molar-refractivity contribution in [2.75, 3.05) is 26.5 Å². The molecule has 0 bridgehead atoms. The third kappa shape index (κ3) is 13.2. The number of hydrogen-bond acceptors (Lipinski definition) is 7. The highest BCUT2D eigenvalue weighted by atomic mass is 31.2. The van der Waals surface area contributed by atoms with Crippen LogP contribution in [-0.4, -0.2) is 51.0 Å². The fourth-order valence-electron chi connectivity index (χ4n) is 1.79. The fraction of sp³-hybridized carbons (Fsp3) is 1.00. The van der Waals surface area contributed by atoms with Gasteiger partial charge in [-0.3, -0.25) is 9.13 Å². The summed E-state index contributed by atoms with van der Waals surface area (Å²) in [6.07, 6.45) is -0.868. The molecule has 0 aromatic carbocycles. The van der Waals surface area contributed by atoms with Gasteiger partial charge in [-0.05, 0) is 41.5 Å². The third-order valence-electron chi connectivity index (χ3n) is 2.37. The summed E-state index contributed by atoms with van der Waals surface area (Å²) in [6, 6.07) is 0. The summed E-state index contributed by atoms with van der Waals surface area (Å²) in [6.45, 7) is 13.8. The Morgan fingerprint density at radius 2 is 1.13 bits per heavy atom. The second kappa shape index (κ2) is 10.3. The van der Waals surface area contributed by atoms with Crippen LogP contribution < -0.4 is 0 Å². The fourth-order valence-corrected chi connectivity index (χ4v) is 4.35. The molecule has 0 aromatic heterocycles. The van der Waals surface area contributed by atoms with E-state index in [9.17, 15) is 9.13 Å². The van der Waals surface area contributed by atoms with Gasteiger partial charge >= 0.3 is 15.2 Å². The Hall–Kier alpha value is 0.260. The van der Waals surface area contributed by atoms with E-state index in [1.807, 2.05) is 20.8 Å². The zero-order chi connectivity index (χ0) is 18.3. The molecular formula is C14H32O7P2. The van der Waals surface area contributed by atoms with Gasteiger partial charge in [-0.25, -0.2) is 0 Å². The van der Waals surface area contributed by atoms with E-state index >= 15 is 0 Å². The lowest BCUT2D eigenvalue weighted by Gasteiger charge is -2.23. The molecule has 0 saturated carbocycles. The summed E-state index contributed by atoms with van der Waals surface area (Å²) in [4.78, 5) is 0. The standard InChI is InChI=1S/C14H32O7P2/c1-11(2)19-13(5)9-17-23(8,16)21-14(6)10-18-22(7,15)20-12(3)4/h11-14H,9-10H2,1-8H3/t13?,14-,22?,23?/m1/s1. The SMILES string of the molecule is CC(C)OC(C)COP(C)(=O)O[C@H](C)COP(C)(=O)OC(C)C. The zero-order valence-electron chi connectivity index (χ0n) is 15.5. The van der Waals surface area contributed by atoms with Crippen molar-refractivity contribution in [1.82, 2.24) is 0 Å². The molecule has 0 fully saturated rings. The molecule has 0 aromatic rings. The molecule has 4 atom stereocenters. The molecule has 0 radical (unpaired) electrons. The van der Waals surface area contributed by atoms with E-state index in [-0.39, 0.29) is 31.5 Å². The highest BCUT2D eigenvalue weighted by Crippen LogP contribution is 2.48. The van der Waals surface area contributed by atoms with Crippen molar-refractivity contribution in [3.8, 4) is 0 Å². The highest BCUT2D eigenvalue weighted by molar-refractivity contribution is 7.53. The molecule has 7 nitrogen and oxygen atoms in total. The number of ether oxygens (including phenoxy) is 1. The van der Waals surface area contributed by atoms with Crippen LogP contribution in [0.3, 0.4) is 0 Å². The molecule has 0 heterocycles. The van der Waals surface area contributed by atoms with Crippen molar-refractivity contribution >= 4 is 15.2 Å². The van der Waals surface area contributed by atoms with Crippen LogP contribution in [-0.2, 0) is 32.0 Å². The van der Waals surface area contributed by atoms with E-state index < -0.39 is 21.3 Å². The maximum Gasteiger partial charge on any atom is 0.328 e. The lowest BCUT2D eigenvalue weighted by Crippen LogP contribution is -2.21. The molecule has 0 saturated heterocycles. The van der Waals surface area contributed by atoms with Crippen LogP contribution in [0.15, 0.2) is 0 Å². The van der Waals surface area contributed by atoms with Gasteiger partial charge in [0.25, 0.3) is 0 Å². The van der Waals surface area contributed by atoms with E-state index in [0.717, 1.165) is 0 Å². The summed E-state index contributed by atoms with van der Waals surface area (Å²) in [5, 5.41) is 0. The van der Waals surface area contributed by atoms with E-state index in [2.05, 4.69) is 0 Å². The topological polar surface area (TPSA) is 80.3 Å². The van der Waals surface area contributed by atoms with Gasteiger partial charge < -0.3 is 22.8 Å². The molecule has 0 amide bonds. The molecule has 0 N–H and O–H groups in total. The van der Waals surface area contributed by atoms with Gasteiger partial charge in [0.15, 0.2) is 0 Å². The van der Waals surface area contributed by atoms with Crippen molar-refractivity contribution in [3.05, 3.63) is 0 Å². The molecule has 0 spiro atoms. The Kier molecular flexibility index (Phi) is 10.4. The normalized spacial score (nSPS) is 20.3. The summed E-state index contributed by atoms with van der Waals surface area (Å²) < 4.78 is 50.9. The molecule has 23 heavy (non-hydrogen) atoms. The van der Waals surface area contributed by atoms with Crippen molar-refractivity contribution in [1.29, 1.82) is 0 Å². The summed E-state index contributed by atoms with van der Waals surface area (Å²) in [5.41, 5.74) is 0. The first-order chi connectivity index (χ1) is 10.3. The Balaban J connectivity index is 4.23. The minimum atomic E-state index is -3.25. The molecule has 0 rings (SSSR count). The maximum absolute atomic E-state index is 12.3. The van der Waals surface area contributed by atoms with Crippen LogP contribution in [0.4, 0.5) is 0 Å². The molecule has 0 aliphatic heterocycles. The number of hydrogen-bond donors (Lipinski definition) is 0. The van der Waals surface area contributed by atoms with Gasteiger partial charge in [-0.2, -0.15) is 0 Å². The third-order valence-corrected chi connectivity index (χ3v) is 5.15. The van der Waals surface area contributed by atoms with Crippen molar-refractivity contribution in [3.63, 3.8) is 0 Å². The van der Waals surface area contributed by atoms with E-state index in [1.54, 1.807) is 20.8 Å². The first kappa shape index (κ1) is 23.3. The largest absolute Gasteiger partial charge is 0.373 e. The van der Waals surface area contributed by atoms with Gasteiger partial charge in [-0.15, -0.1) is 0 Å². The van der Waals surface area contributed by atoms with Gasteiger partial charge in [0.1, 0.15) is 0 Å². The summed E-state index contributed by atoms with van der Waals surface area (Å²) >= 11 is 0. The number of rotatable bonds is 12. The predicted molar refractivity (Wildman–Crippen MR) is 91.4 cm³/mol. The van der Waals surface area contributed by atoms with Crippen LogP contribution in [0.1, 0.15) is 41.5 Å². The van der Waals surface area contributed by atoms with Crippen molar-refractivity contribution in [2.24, 2.45) is 0 Å². The van der Waals surface area contributed by atoms with Gasteiger partial charge in [0.05, 0.1) is 37.6 Å². The zero-order valence-corrected chi connectivity index (χ0v) is 17.3. The second-order valence-electron chi connectivity index (χ2n) is 6.20. The Labute approximate surface area is 140 Å². The predicted octanol–water partition coefficient (Wildman–Crippen LogP) is 4.31. The Bertz CT molecular complexity index is 425. The van der Waals surface area contributed by atoms with E-state index in [1.165, 1.54) is 13.3 Å². The highest BCUT2D eigenvalue weighted by Gasteiger charge is 2.25. The van der Waals surface area contributed by atoms with Gasteiger partial charge in [0.2, 0.25) is 0 Å². The molecule has 3 unspecified atom stereocenters. The molecule has 140 valence electrons. The lowest BCUT2D eigenvalue weighted by atomic mass is 10.4. The van der Waals surface area contributed by atoms with Crippen LogP contribution in [0.25, 0.3) is 0 Å². The van der Waals surface area contributed by atoms with Gasteiger partial charge in [-0.1, -0.05) is 0 Å². The molecule has 0 aliphatic rings. The van der Waals surface area contributed by atoms with Crippen LogP contribution in [0.2, 0.25) is 0 Å². The lowest BCUT2D eigenvalue weighted by molar-refractivity contribution is -0.0115. The monoisotopic (exact) mass is 374 g/mol. The molecule has 0 aliphatic carbocycles. The summed E-state index contributed by atoms with van der Waals surface area (Å²) in [7, 11) is -6.39. The molecule has 9 heteroatoms. The average molecular weight is 374 g/mol. The van der Waals surface area contributed by atoms with E-state index in [4.69, 9.17) is 22.8 Å². The quantitative estimate of drug-likeness (QED) is 0.471. The minimum Gasteiger partial charge on any atom is -0.373 e. The van der Waals surface area contributed by atoms with Crippen molar-refractivity contribution in [2.45, 2.75) is 66.0 Å². The first-order valence-electron chi connectivity index (χ1n) is 7.79. The Morgan fingerprint density at radius 3 is 1.57 bits per heavy atom. The maximum atomic E-state index is 12.3. The Morgan fingerprint density at radius 1 is 0.696 bits per heavy atom. The molecular weight excluding hydrogens is 342 g/mol. The first-order valence-corrected chi connectivity index (χ1v) is 11.8. The van der Waals surface area contributed by atoms with Gasteiger partial charge in [0, 0.05) is 13.3 Å². The minimum absolute atomic E-state index is 0.000262. The van der Waals surface area contributed by atoms with Crippen molar-refractivity contribution < 1.29 is 32.0 Å². The van der Waals surface area contributed by atoms with E-state index in [0.29, 0.717) is 0 Å². The average Bonchev–Trinajstić information content (AvgIpc) is 2.31. The van der Waals surface area contributed by atoms with Crippen LogP contribution in [0, 0.1) is 0 Å². The van der Waals surface area contributed by atoms with Crippen LogP contribution >= 0.6 is 15.2 Å². The summed E-state index contributed by atoms with van der Waals surface area (Å²) in [5.74, 6) is 0. The van der Waals surface area contributed by atoms with Crippen LogP contribution in [0.5, 0.6) is 0 Å². The second-order valence-corrected chi connectivity index (χ2v) is 10.2.